The molecule has 1 fully saturated rings. The van der Waals surface area contributed by atoms with E-state index < -0.39 is 10.1 Å². The second kappa shape index (κ2) is 15.0. The van der Waals surface area contributed by atoms with E-state index in [4.69, 9.17) is 20.0 Å². The van der Waals surface area contributed by atoms with Gasteiger partial charge in [-0.05, 0) is 79.9 Å². The highest BCUT2D eigenvalue weighted by molar-refractivity contribution is 7.92. The van der Waals surface area contributed by atoms with Crippen LogP contribution in [0.3, 0.4) is 0 Å². The minimum atomic E-state index is -3.41. The first-order chi connectivity index (χ1) is 16.7. The Hall–Kier alpha value is -1.35. The van der Waals surface area contributed by atoms with Crippen LogP contribution >= 0.6 is 23.8 Å². The molecule has 0 N–H and O–H groups in total. The molecule has 1 aromatic carbocycles. The summed E-state index contributed by atoms with van der Waals surface area (Å²) in [6.07, 6.45) is 14.8. The summed E-state index contributed by atoms with van der Waals surface area (Å²) in [5.41, 5.74) is 4.58. The van der Waals surface area contributed by atoms with E-state index in [1.807, 2.05) is 25.1 Å². The maximum atomic E-state index is 11.2. The molecule has 0 amide bonds. The van der Waals surface area contributed by atoms with Crippen molar-refractivity contribution >= 4 is 40.0 Å². The zero-order valence-corrected chi connectivity index (χ0v) is 23.6. The summed E-state index contributed by atoms with van der Waals surface area (Å²) in [4.78, 5) is 0. The van der Waals surface area contributed by atoms with E-state index in [9.17, 15) is 8.42 Å². The number of benzene rings is 1. The zero-order valence-electron chi connectivity index (χ0n) is 21.2. The quantitative estimate of drug-likeness (QED) is 0.0868. The molecule has 0 saturated carbocycles. The average molecular weight is 540 g/mol. The topological polar surface area (TPSA) is 55.8 Å². The van der Waals surface area contributed by atoms with E-state index in [0.717, 1.165) is 43.3 Å². The molecule has 0 radical (unpaired) electrons. The number of halogens is 1. The van der Waals surface area contributed by atoms with Crippen molar-refractivity contribution in [1.82, 2.24) is 4.31 Å². The Morgan fingerprint density at radius 2 is 2.06 bits per heavy atom. The zero-order chi connectivity index (χ0) is 25.8. The molecule has 0 spiro atoms. The van der Waals surface area contributed by atoms with E-state index in [-0.39, 0.29) is 12.5 Å². The lowest BCUT2D eigenvalue weighted by Crippen LogP contribution is -2.32. The molecule has 5 nitrogen and oxygen atoms in total. The molecule has 1 aromatic rings. The molecule has 1 atom stereocenters. The first-order valence-electron chi connectivity index (χ1n) is 11.9. The molecule has 8 heteroatoms. The van der Waals surface area contributed by atoms with Crippen LogP contribution in [-0.2, 0) is 18.5 Å². The number of unbranched alkanes of at least 4 members (excludes halogenated alkanes) is 1. The Labute approximate surface area is 221 Å². The fourth-order valence-electron chi connectivity index (χ4n) is 4.30. The van der Waals surface area contributed by atoms with Crippen LogP contribution in [0.4, 0.5) is 0 Å². The number of allylic oxidation sites excluding steroid dienone is 6. The number of hydrogen-bond acceptors (Lipinski definition) is 6. The van der Waals surface area contributed by atoms with Gasteiger partial charge in [0.2, 0.25) is 0 Å². The van der Waals surface area contributed by atoms with E-state index >= 15 is 0 Å². The summed E-state index contributed by atoms with van der Waals surface area (Å²) in [5.74, 6) is 0.610. The smallest absolute Gasteiger partial charge is 0.264 e. The molecule has 194 valence electrons. The summed E-state index contributed by atoms with van der Waals surface area (Å²) in [6, 6.07) is 6.08. The van der Waals surface area contributed by atoms with E-state index in [1.165, 1.54) is 23.4 Å². The van der Waals surface area contributed by atoms with Gasteiger partial charge in [-0.25, -0.2) is 4.31 Å². The highest BCUT2D eigenvalue weighted by atomic mass is 35.5. The molecule has 1 heterocycles. The Kier molecular flexibility index (Phi) is 12.8. The molecule has 1 unspecified atom stereocenters. The second-order valence-electron chi connectivity index (χ2n) is 8.73. The van der Waals surface area contributed by atoms with Gasteiger partial charge in [0, 0.05) is 24.0 Å². The molecule has 2 rings (SSSR count). The minimum Gasteiger partial charge on any atom is -0.304 e. The lowest BCUT2D eigenvalue weighted by molar-refractivity contribution is 0.259. The van der Waals surface area contributed by atoms with Crippen LogP contribution < -0.4 is 0 Å². The van der Waals surface area contributed by atoms with Gasteiger partial charge < -0.3 is 4.18 Å². The van der Waals surface area contributed by atoms with Crippen LogP contribution in [0.2, 0.25) is 5.02 Å². The lowest BCUT2D eigenvalue weighted by Gasteiger charge is -2.37. The van der Waals surface area contributed by atoms with Crippen LogP contribution in [0, 0.1) is 5.92 Å². The minimum absolute atomic E-state index is 0.164. The van der Waals surface area contributed by atoms with Crippen LogP contribution in [0.1, 0.15) is 56.6 Å². The standard InChI is InChI=1S/C27H38ClNO4S2/c1-6-7-11-21(2)22(3)27(23-15-17-29(18-16-23)34-32-4)26-14-13-25(28)20-24(26)12-9-8-10-19-33-35(5,30)31/h6-7,9,11-14,20,23,27H,3,8,10,15-19H2,1-2,4-5H3/b7-6-,12-9+,21-11-. The number of piperidine rings is 1. The number of hydrogen-bond donors (Lipinski definition) is 0. The van der Waals surface area contributed by atoms with Gasteiger partial charge in [-0.2, -0.15) is 8.42 Å². The fourth-order valence-corrected chi connectivity index (χ4v) is 5.47. The molecule has 0 aromatic heterocycles. The van der Waals surface area contributed by atoms with Gasteiger partial charge in [-0.15, -0.1) is 0 Å². The fraction of sp³-hybridized carbons (Fsp3) is 0.481. The van der Waals surface area contributed by atoms with Crippen molar-refractivity contribution in [2.24, 2.45) is 5.92 Å². The Bertz CT molecular complexity index is 1030. The van der Waals surface area contributed by atoms with Gasteiger partial charge in [0.15, 0.2) is 0 Å². The normalized spacial score (nSPS) is 17.5. The van der Waals surface area contributed by atoms with Crippen LogP contribution in [0.5, 0.6) is 0 Å². The molecule has 1 aliphatic heterocycles. The van der Waals surface area contributed by atoms with Crippen molar-refractivity contribution in [2.45, 2.75) is 45.4 Å². The predicted octanol–water partition coefficient (Wildman–Crippen LogP) is 7.19. The monoisotopic (exact) mass is 539 g/mol. The van der Waals surface area contributed by atoms with Crippen LogP contribution in [-0.4, -0.2) is 45.8 Å². The Morgan fingerprint density at radius 1 is 1.34 bits per heavy atom. The maximum absolute atomic E-state index is 11.2. The summed E-state index contributed by atoms with van der Waals surface area (Å²) in [5, 5.41) is 0.686. The largest absolute Gasteiger partial charge is 0.304 e. The lowest BCUT2D eigenvalue weighted by atomic mass is 9.73. The van der Waals surface area contributed by atoms with Crippen molar-refractivity contribution in [1.29, 1.82) is 0 Å². The van der Waals surface area contributed by atoms with Gasteiger partial charge in [0.1, 0.15) is 0 Å². The van der Waals surface area contributed by atoms with E-state index in [1.54, 1.807) is 7.11 Å². The van der Waals surface area contributed by atoms with Crippen molar-refractivity contribution in [3.05, 3.63) is 76.4 Å². The number of nitrogens with zero attached hydrogens (tertiary/aromatic N) is 1. The van der Waals surface area contributed by atoms with E-state index in [2.05, 4.69) is 48.2 Å². The third-order valence-electron chi connectivity index (χ3n) is 6.06. The summed E-state index contributed by atoms with van der Waals surface area (Å²) in [6.45, 7) is 10.8. The summed E-state index contributed by atoms with van der Waals surface area (Å²) >= 11 is 7.82. The highest BCUT2D eigenvalue weighted by Crippen LogP contribution is 2.43. The molecule has 0 aliphatic carbocycles. The van der Waals surface area contributed by atoms with Crippen molar-refractivity contribution < 1.29 is 16.8 Å². The average Bonchev–Trinajstić information content (AvgIpc) is 2.81. The van der Waals surface area contributed by atoms with Crippen molar-refractivity contribution in [3.63, 3.8) is 0 Å². The van der Waals surface area contributed by atoms with Gasteiger partial charge in [-0.1, -0.05) is 54.6 Å². The predicted molar refractivity (Wildman–Crippen MR) is 150 cm³/mol. The first kappa shape index (κ1) is 29.9. The van der Waals surface area contributed by atoms with Gasteiger partial charge in [-0.3, -0.25) is 4.18 Å². The van der Waals surface area contributed by atoms with Gasteiger partial charge >= 0.3 is 0 Å². The molecule has 35 heavy (non-hydrogen) atoms. The third-order valence-corrected chi connectivity index (χ3v) is 7.62. The SMILES string of the molecule is C=C(/C(C)=C\C=C/C)C(c1ccc(Cl)cc1/C=C/CCCOS(C)(=O)=O)C1CCN(SOC)CC1. The molecular formula is C27H38ClNO4S2. The van der Waals surface area contributed by atoms with Crippen LogP contribution in [0.25, 0.3) is 6.08 Å². The second-order valence-corrected chi connectivity index (χ2v) is 11.8. The maximum Gasteiger partial charge on any atom is 0.264 e. The van der Waals surface area contributed by atoms with Crippen molar-refractivity contribution in [3.8, 4) is 0 Å². The molecule has 0 bridgehead atoms. The Balaban J connectivity index is 2.31. The molecule has 1 aliphatic rings. The van der Waals surface area contributed by atoms with E-state index in [0.29, 0.717) is 23.8 Å². The van der Waals surface area contributed by atoms with Gasteiger partial charge in [0.25, 0.3) is 10.1 Å². The highest BCUT2D eigenvalue weighted by Gasteiger charge is 2.31. The molecule has 1 saturated heterocycles. The summed E-state index contributed by atoms with van der Waals surface area (Å²) < 4.78 is 34.7. The number of rotatable bonds is 13. The summed E-state index contributed by atoms with van der Waals surface area (Å²) in [7, 11) is -1.70. The van der Waals surface area contributed by atoms with Crippen molar-refractivity contribution in [2.75, 3.05) is 33.1 Å². The van der Waals surface area contributed by atoms with Crippen LogP contribution in [0.15, 0.2) is 60.2 Å². The van der Waals surface area contributed by atoms with Gasteiger partial charge in [0.05, 0.1) is 32.2 Å². The molecular weight excluding hydrogens is 502 g/mol. The first-order valence-corrected chi connectivity index (χ1v) is 14.8. The Morgan fingerprint density at radius 3 is 2.69 bits per heavy atom. The third kappa shape index (κ3) is 10.3.